The molecule has 0 bridgehead atoms. The van der Waals surface area contributed by atoms with Crippen LogP contribution in [0, 0.1) is 13.8 Å². The topological polar surface area (TPSA) is 94.5 Å². The molecule has 0 amide bonds. The van der Waals surface area contributed by atoms with Crippen LogP contribution < -0.4 is 0 Å². The third kappa shape index (κ3) is 2.63. The molecular weight excluding hydrogens is 240 g/mol. The fraction of sp³-hybridized carbons (Fsp3) is 0.250. The second-order valence-electron chi connectivity index (χ2n) is 3.07. The van der Waals surface area contributed by atoms with E-state index >= 15 is 0 Å². The molecule has 1 N–H and O–H groups in total. The molecule has 0 aliphatic rings. The standard InChI is InChI=1S/C8H10O5S2/c1-5-3-7(14(9)10)4-8(6(5)2)15(11,12)13/h3-4H,1-2H3,(H,9,10)(H,11,12,13)/p-1. The first-order chi connectivity index (χ1) is 6.73. The largest absolute Gasteiger partial charge is 0.768 e. The molecule has 0 heterocycles. The summed E-state index contributed by atoms with van der Waals surface area (Å²) in [5.41, 5.74) is 0.830. The van der Waals surface area contributed by atoms with Crippen LogP contribution in [0.4, 0.5) is 0 Å². The first-order valence-corrected chi connectivity index (χ1v) is 6.43. The van der Waals surface area contributed by atoms with Gasteiger partial charge >= 0.3 is 0 Å². The monoisotopic (exact) mass is 249 g/mol. The van der Waals surface area contributed by atoms with E-state index in [4.69, 9.17) is 4.55 Å². The summed E-state index contributed by atoms with van der Waals surface area (Å²) >= 11 is -2.52. The number of aryl methyl sites for hydroxylation is 1. The van der Waals surface area contributed by atoms with Gasteiger partial charge in [0.25, 0.3) is 10.1 Å². The smallest absolute Gasteiger partial charge is 0.294 e. The normalized spacial score (nSPS) is 13.9. The first kappa shape index (κ1) is 12.3. The van der Waals surface area contributed by atoms with Crippen LogP contribution in [0.2, 0.25) is 0 Å². The summed E-state index contributed by atoms with van der Waals surface area (Å²) in [7, 11) is -4.39. The second-order valence-corrected chi connectivity index (χ2v) is 5.40. The van der Waals surface area contributed by atoms with E-state index in [-0.39, 0.29) is 9.79 Å². The van der Waals surface area contributed by atoms with Gasteiger partial charge in [-0.3, -0.25) is 8.76 Å². The van der Waals surface area contributed by atoms with Gasteiger partial charge in [-0.1, -0.05) is 0 Å². The van der Waals surface area contributed by atoms with Gasteiger partial charge in [-0.2, -0.15) is 8.42 Å². The summed E-state index contributed by atoms with van der Waals surface area (Å²) in [6.07, 6.45) is 0. The summed E-state index contributed by atoms with van der Waals surface area (Å²) in [4.78, 5) is -0.535. The summed E-state index contributed by atoms with van der Waals surface area (Å²) in [5, 5.41) is 0. The molecule has 0 fully saturated rings. The molecule has 0 aliphatic heterocycles. The number of benzene rings is 1. The van der Waals surface area contributed by atoms with Gasteiger partial charge in [-0.05, 0) is 48.2 Å². The molecule has 0 aliphatic carbocycles. The number of hydrogen-bond acceptors (Lipinski definition) is 4. The van der Waals surface area contributed by atoms with Gasteiger partial charge in [-0.15, -0.1) is 0 Å². The Morgan fingerprint density at radius 2 is 1.87 bits per heavy atom. The minimum Gasteiger partial charge on any atom is -0.768 e. The highest BCUT2D eigenvalue weighted by molar-refractivity contribution is 7.86. The average molecular weight is 249 g/mol. The Morgan fingerprint density at radius 1 is 1.33 bits per heavy atom. The zero-order valence-corrected chi connectivity index (χ0v) is 9.68. The second kappa shape index (κ2) is 4.01. The third-order valence-corrected chi connectivity index (χ3v) is 3.66. The Kier molecular flexibility index (Phi) is 3.29. The van der Waals surface area contributed by atoms with Crippen molar-refractivity contribution in [3.8, 4) is 0 Å². The molecule has 1 aromatic carbocycles. The van der Waals surface area contributed by atoms with Gasteiger partial charge < -0.3 is 4.55 Å². The molecule has 0 spiro atoms. The van der Waals surface area contributed by atoms with Crippen molar-refractivity contribution < 1.29 is 21.7 Å². The lowest BCUT2D eigenvalue weighted by Crippen LogP contribution is -2.04. The van der Waals surface area contributed by atoms with Crippen molar-refractivity contribution in [1.29, 1.82) is 0 Å². The van der Waals surface area contributed by atoms with E-state index in [9.17, 15) is 17.2 Å². The Balaban J connectivity index is 3.59. The Morgan fingerprint density at radius 3 is 2.27 bits per heavy atom. The van der Waals surface area contributed by atoms with Crippen LogP contribution in [-0.2, 0) is 21.2 Å². The zero-order chi connectivity index (χ0) is 11.8. The van der Waals surface area contributed by atoms with Crippen LogP contribution in [0.15, 0.2) is 21.9 Å². The minimum absolute atomic E-state index is 0.161. The van der Waals surface area contributed by atoms with Gasteiger partial charge in [0.05, 0.1) is 4.90 Å². The summed E-state index contributed by atoms with van der Waals surface area (Å²) in [6.45, 7) is 3.07. The van der Waals surface area contributed by atoms with Crippen LogP contribution in [0.3, 0.4) is 0 Å². The predicted molar refractivity (Wildman–Crippen MR) is 52.9 cm³/mol. The van der Waals surface area contributed by atoms with Crippen LogP contribution in [0.5, 0.6) is 0 Å². The third-order valence-electron chi connectivity index (χ3n) is 2.06. The van der Waals surface area contributed by atoms with Crippen LogP contribution in [0.1, 0.15) is 11.1 Å². The van der Waals surface area contributed by atoms with Crippen molar-refractivity contribution in [2.45, 2.75) is 23.6 Å². The SMILES string of the molecule is Cc1cc(S(=O)[O-])cc(S(=O)(=O)O)c1C. The van der Waals surface area contributed by atoms with Gasteiger partial charge in [0.15, 0.2) is 0 Å². The van der Waals surface area contributed by atoms with Crippen molar-refractivity contribution in [3.63, 3.8) is 0 Å². The van der Waals surface area contributed by atoms with Gasteiger partial charge in [0.2, 0.25) is 0 Å². The molecule has 7 heteroatoms. The van der Waals surface area contributed by atoms with Crippen molar-refractivity contribution >= 4 is 21.2 Å². The molecule has 0 aromatic heterocycles. The highest BCUT2D eigenvalue weighted by Gasteiger charge is 2.15. The first-order valence-electron chi connectivity index (χ1n) is 3.91. The maximum Gasteiger partial charge on any atom is 0.294 e. The van der Waals surface area contributed by atoms with Crippen LogP contribution in [0.25, 0.3) is 0 Å². The average Bonchev–Trinajstić information content (AvgIpc) is 2.06. The molecule has 15 heavy (non-hydrogen) atoms. The quantitative estimate of drug-likeness (QED) is 0.617. The van der Waals surface area contributed by atoms with E-state index in [0.717, 1.165) is 6.07 Å². The van der Waals surface area contributed by atoms with Crippen molar-refractivity contribution in [3.05, 3.63) is 23.3 Å². The zero-order valence-electron chi connectivity index (χ0n) is 8.05. The Bertz CT molecular complexity index is 518. The van der Waals surface area contributed by atoms with Crippen molar-refractivity contribution in [2.24, 2.45) is 0 Å². The molecule has 1 aromatic rings. The minimum atomic E-state index is -4.39. The molecule has 0 radical (unpaired) electrons. The molecule has 1 rings (SSSR count). The lowest BCUT2D eigenvalue weighted by molar-refractivity contribution is 0.482. The molecule has 0 saturated heterocycles. The number of rotatable bonds is 2. The summed E-state index contributed by atoms with van der Waals surface area (Å²) in [6, 6.07) is 2.27. The highest BCUT2D eigenvalue weighted by atomic mass is 32.2. The lowest BCUT2D eigenvalue weighted by atomic mass is 10.1. The van der Waals surface area contributed by atoms with Gasteiger partial charge in [0, 0.05) is 4.90 Å². The summed E-state index contributed by atoms with van der Waals surface area (Å²) in [5.74, 6) is 0. The Labute approximate surface area is 90.2 Å². The van der Waals surface area contributed by atoms with E-state index in [1.165, 1.54) is 13.0 Å². The van der Waals surface area contributed by atoms with E-state index in [1.807, 2.05) is 0 Å². The molecule has 5 nitrogen and oxygen atoms in total. The molecule has 1 atom stereocenters. The molecule has 1 unspecified atom stereocenters. The van der Waals surface area contributed by atoms with E-state index in [2.05, 4.69) is 0 Å². The van der Waals surface area contributed by atoms with E-state index in [0.29, 0.717) is 11.1 Å². The van der Waals surface area contributed by atoms with Gasteiger partial charge in [-0.25, -0.2) is 0 Å². The van der Waals surface area contributed by atoms with Crippen molar-refractivity contribution in [1.82, 2.24) is 0 Å². The van der Waals surface area contributed by atoms with E-state index in [1.54, 1.807) is 6.92 Å². The molecular formula is C8H9O5S2-. The maximum absolute atomic E-state index is 10.9. The fourth-order valence-corrected chi connectivity index (χ4v) is 2.54. The van der Waals surface area contributed by atoms with E-state index < -0.39 is 21.2 Å². The maximum atomic E-state index is 10.9. The Hall–Kier alpha value is -0.760. The predicted octanol–water partition coefficient (Wildman–Crippen LogP) is 0.788. The van der Waals surface area contributed by atoms with Crippen LogP contribution in [-0.4, -0.2) is 21.7 Å². The van der Waals surface area contributed by atoms with Gasteiger partial charge in [0.1, 0.15) is 0 Å². The summed E-state index contributed by atoms with van der Waals surface area (Å²) < 4.78 is 52.1. The number of hydrogen-bond donors (Lipinski definition) is 1. The highest BCUT2D eigenvalue weighted by Crippen LogP contribution is 2.22. The van der Waals surface area contributed by atoms with Crippen molar-refractivity contribution in [2.75, 3.05) is 0 Å². The molecule has 0 saturated carbocycles. The molecule has 84 valence electrons. The lowest BCUT2D eigenvalue weighted by Gasteiger charge is -2.11. The fourth-order valence-electron chi connectivity index (χ4n) is 1.16. The van der Waals surface area contributed by atoms with Crippen LogP contribution >= 0.6 is 0 Å².